The van der Waals surface area contributed by atoms with Gasteiger partial charge in [0.05, 0.1) is 38.9 Å². The number of nitrogens with zero attached hydrogens (tertiary/aromatic N) is 1. The summed E-state index contributed by atoms with van der Waals surface area (Å²) in [6.07, 6.45) is 0. The van der Waals surface area contributed by atoms with Crippen LogP contribution in [0.25, 0.3) is 5.70 Å². The van der Waals surface area contributed by atoms with Crippen molar-refractivity contribution in [2.24, 2.45) is 0 Å². The van der Waals surface area contributed by atoms with Crippen LogP contribution in [0.3, 0.4) is 0 Å². The number of nitrogens with one attached hydrogen (secondary N) is 2. The summed E-state index contributed by atoms with van der Waals surface area (Å²) in [4.78, 5) is 13.2. The molecule has 0 aromatic carbocycles. The first kappa shape index (κ1) is 13.6. The predicted octanol–water partition coefficient (Wildman–Crippen LogP) is -1.04. The number of rotatable bonds is 3. The summed E-state index contributed by atoms with van der Waals surface area (Å²) in [7, 11) is 2.15. The second kappa shape index (κ2) is 5.46. The molecule has 0 unspecified atom stereocenters. The monoisotopic (exact) mass is 266 g/mol. The van der Waals surface area contributed by atoms with E-state index in [0.29, 0.717) is 11.5 Å². The summed E-state index contributed by atoms with van der Waals surface area (Å²) in [6.45, 7) is 9.20. The lowest BCUT2D eigenvalue weighted by atomic mass is 10.2. The van der Waals surface area contributed by atoms with Crippen molar-refractivity contribution in [1.29, 1.82) is 0 Å². The number of quaternary nitrogens is 1. The van der Waals surface area contributed by atoms with Crippen LogP contribution in [-0.4, -0.2) is 43.3 Å². The van der Waals surface area contributed by atoms with Crippen LogP contribution in [0.5, 0.6) is 5.75 Å². The Morgan fingerprint density at radius 2 is 2.16 bits per heavy atom. The van der Waals surface area contributed by atoms with Gasteiger partial charge in [0.2, 0.25) is 0 Å². The van der Waals surface area contributed by atoms with Crippen LogP contribution in [0.2, 0.25) is 0 Å². The molecule has 0 amide bonds. The van der Waals surface area contributed by atoms with E-state index in [1.165, 1.54) is 11.0 Å². The molecule has 1 saturated heterocycles. The van der Waals surface area contributed by atoms with Gasteiger partial charge in [-0.2, -0.15) is 0 Å². The van der Waals surface area contributed by atoms with E-state index in [1.807, 2.05) is 5.01 Å². The lowest BCUT2D eigenvalue weighted by molar-refractivity contribution is -0.884. The summed E-state index contributed by atoms with van der Waals surface area (Å²) in [5.74, 6) is 0.272. The smallest absolute Gasteiger partial charge is 0.349 e. The molecule has 0 atom stereocenters. The molecule has 0 spiro atoms. The standard InChI is InChI=1S/C13H19N3O3/c1-9-8-11(17)12(13(18)19-9)10(2)14-16-6-4-15(3)5-7-16/h8,14,17H,2,4-7H2,1,3H3/p+1. The van der Waals surface area contributed by atoms with E-state index in [9.17, 15) is 9.90 Å². The minimum Gasteiger partial charge on any atom is -0.507 e. The minimum atomic E-state index is -0.574. The van der Waals surface area contributed by atoms with Crippen LogP contribution in [0.1, 0.15) is 11.3 Å². The third kappa shape index (κ3) is 3.15. The summed E-state index contributed by atoms with van der Waals surface area (Å²) in [5.41, 5.74) is 2.95. The van der Waals surface area contributed by atoms with Gasteiger partial charge in [-0.05, 0) is 6.92 Å². The fraction of sp³-hybridized carbons (Fsp3) is 0.462. The minimum absolute atomic E-state index is 0.0943. The Kier molecular flexibility index (Phi) is 3.92. The zero-order valence-corrected chi connectivity index (χ0v) is 11.3. The van der Waals surface area contributed by atoms with Crippen molar-refractivity contribution in [3.05, 3.63) is 34.4 Å². The maximum atomic E-state index is 11.7. The molecule has 2 rings (SSSR count). The van der Waals surface area contributed by atoms with E-state index in [0.717, 1.165) is 26.2 Å². The van der Waals surface area contributed by atoms with E-state index < -0.39 is 5.63 Å². The van der Waals surface area contributed by atoms with Gasteiger partial charge in [0, 0.05) is 6.07 Å². The average molecular weight is 266 g/mol. The van der Waals surface area contributed by atoms with Crippen LogP contribution < -0.4 is 16.0 Å². The van der Waals surface area contributed by atoms with E-state index in [4.69, 9.17) is 4.42 Å². The highest BCUT2D eigenvalue weighted by Gasteiger charge is 2.19. The molecular formula is C13H20N3O3+. The van der Waals surface area contributed by atoms with Crippen molar-refractivity contribution in [3.8, 4) is 5.75 Å². The predicted molar refractivity (Wildman–Crippen MR) is 71.7 cm³/mol. The van der Waals surface area contributed by atoms with E-state index in [2.05, 4.69) is 19.1 Å². The van der Waals surface area contributed by atoms with Crippen molar-refractivity contribution < 1.29 is 14.4 Å². The van der Waals surface area contributed by atoms with Crippen molar-refractivity contribution in [3.63, 3.8) is 0 Å². The van der Waals surface area contributed by atoms with Gasteiger partial charge in [0.25, 0.3) is 0 Å². The Hall–Kier alpha value is -1.79. The van der Waals surface area contributed by atoms with Crippen molar-refractivity contribution in [2.45, 2.75) is 6.92 Å². The lowest BCUT2D eigenvalue weighted by Gasteiger charge is -2.31. The molecule has 1 aromatic rings. The third-order valence-electron chi connectivity index (χ3n) is 3.27. The molecule has 1 aliphatic rings. The van der Waals surface area contributed by atoms with E-state index in [1.54, 1.807) is 6.92 Å². The molecule has 0 bridgehead atoms. The highest BCUT2D eigenvalue weighted by atomic mass is 16.4. The molecule has 0 radical (unpaired) electrons. The fourth-order valence-electron chi connectivity index (χ4n) is 2.12. The highest BCUT2D eigenvalue weighted by molar-refractivity contribution is 5.65. The molecule has 3 N–H and O–H groups in total. The molecule has 104 valence electrons. The van der Waals surface area contributed by atoms with Gasteiger partial charge >= 0.3 is 5.63 Å². The third-order valence-corrected chi connectivity index (χ3v) is 3.27. The SMILES string of the molecule is C=C(NN1CC[NH+](C)CC1)c1c(O)cc(C)oc1=O. The first-order chi connectivity index (χ1) is 8.97. The van der Waals surface area contributed by atoms with E-state index in [-0.39, 0.29) is 11.3 Å². The molecule has 1 aromatic heterocycles. The molecule has 1 aliphatic heterocycles. The maximum absolute atomic E-state index is 11.7. The van der Waals surface area contributed by atoms with Crippen LogP contribution in [0, 0.1) is 6.92 Å². The Balaban J connectivity index is 2.10. The van der Waals surface area contributed by atoms with Gasteiger partial charge in [-0.15, -0.1) is 0 Å². The first-order valence-corrected chi connectivity index (χ1v) is 6.33. The number of hydrazine groups is 1. The topological polar surface area (TPSA) is 70.2 Å². The second-order valence-corrected chi connectivity index (χ2v) is 4.94. The van der Waals surface area contributed by atoms with Crippen molar-refractivity contribution in [1.82, 2.24) is 10.4 Å². The summed E-state index contributed by atoms with van der Waals surface area (Å²) >= 11 is 0. The van der Waals surface area contributed by atoms with Crippen molar-refractivity contribution >= 4 is 5.70 Å². The number of hydrogen-bond acceptors (Lipinski definition) is 5. The zero-order chi connectivity index (χ0) is 14.0. The quantitative estimate of drug-likeness (QED) is 0.652. The van der Waals surface area contributed by atoms with Crippen LogP contribution >= 0.6 is 0 Å². The summed E-state index contributed by atoms with van der Waals surface area (Å²) < 4.78 is 4.98. The second-order valence-electron chi connectivity index (χ2n) is 4.94. The largest absolute Gasteiger partial charge is 0.507 e. The maximum Gasteiger partial charge on any atom is 0.349 e. The molecule has 6 heteroatoms. The molecule has 6 nitrogen and oxygen atoms in total. The Labute approximate surface area is 111 Å². The molecule has 1 fully saturated rings. The average Bonchev–Trinajstić information content (AvgIpc) is 2.30. The number of hydrogen-bond donors (Lipinski definition) is 3. The Morgan fingerprint density at radius 3 is 2.74 bits per heavy atom. The number of aromatic hydroxyl groups is 1. The van der Waals surface area contributed by atoms with E-state index >= 15 is 0 Å². The number of piperazine rings is 1. The van der Waals surface area contributed by atoms with Crippen LogP contribution in [0.4, 0.5) is 0 Å². The molecular weight excluding hydrogens is 246 g/mol. The zero-order valence-electron chi connectivity index (χ0n) is 11.3. The van der Waals surface area contributed by atoms with Gasteiger partial charge in [-0.1, -0.05) is 6.58 Å². The van der Waals surface area contributed by atoms with Gasteiger partial charge < -0.3 is 19.8 Å². The Bertz CT molecular complexity index is 530. The van der Waals surface area contributed by atoms with Gasteiger partial charge in [0.1, 0.15) is 17.1 Å². The number of aryl methyl sites for hydroxylation is 1. The summed E-state index contributed by atoms with van der Waals surface area (Å²) in [6, 6.07) is 1.41. The molecule has 2 heterocycles. The normalized spacial score (nSPS) is 17.4. The van der Waals surface area contributed by atoms with Crippen molar-refractivity contribution in [2.75, 3.05) is 33.2 Å². The first-order valence-electron chi connectivity index (χ1n) is 6.33. The fourth-order valence-corrected chi connectivity index (χ4v) is 2.12. The Morgan fingerprint density at radius 1 is 1.53 bits per heavy atom. The van der Waals surface area contributed by atoms with Gasteiger partial charge in [-0.25, -0.2) is 9.80 Å². The van der Waals surface area contributed by atoms with Gasteiger partial charge in [-0.3, -0.25) is 0 Å². The molecule has 19 heavy (non-hydrogen) atoms. The van der Waals surface area contributed by atoms with Crippen LogP contribution in [-0.2, 0) is 0 Å². The number of likely N-dealkylation sites (N-methyl/N-ethyl adjacent to an activating group) is 1. The highest BCUT2D eigenvalue weighted by Crippen LogP contribution is 2.19. The molecule has 0 aliphatic carbocycles. The summed E-state index contributed by atoms with van der Waals surface area (Å²) in [5, 5.41) is 11.8. The molecule has 0 saturated carbocycles. The van der Waals surface area contributed by atoms with Gasteiger partial charge in [0.15, 0.2) is 0 Å². The van der Waals surface area contributed by atoms with Crippen LogP contribution in [0.15, 0.2) is 21.9 Å². The lowest BCUT2D eigenvalue weighted by Crippen LogP contribution is -3.12.